The van der Waals surface area contributed by atoms with Gasteiger partial charge in [0.2, 0.25) is 10.0 Å². The van der Waals surface area contributed by atoms with Gasteiger partial charge in [-0.05, 0) is 74.0 Å². The van der Waals surface area contributed by atoms with Crippen molar-refractivity contribution in [1.29, 1.82) is 0 Å². The Labute approximate surface area is 176 Å². The molecule has 160 valence electrons. The molecule has 4 nitrogen and oxygen atoms in total. The largest absolute Gasteiger partial charge is 0.299 e. The molecule has 29 heavy (non-hydrogen) atoms. The SMILES string of the molecule is CCCCc1ccc(S(=O)(=O)N2CC[C@@H]3CC(=O)[C@@H](CC)[C@@H]4CCC[C@H]2[C@@H]34)cc1. The van der Waals surface area contributed by atoms with Crippen molar-refractivity contribution in [3.05, 3.63) is 29.8 Å². The van der Waals surface area contributed by atoms with Gasteiger partial charge < -0.3 is 0 Å². The maximum Gasteiger partial charge on any atom is 0.243 e. The third-order valence-electron chi connectivity index (χ3n) is 7.79. The molecule has 1 heterocycles. The molecule has 0 bridgehead atoms. The number of piperidine rings is 1. The molecule has 5 heteroatoms. The molecule has 1 aliphatic heterocycles. The van der Waals surface area contributed by atoms with Crippen LogP contribution in [0, 0.1) is 23.7 Å². The van der Waals surface area contributed by atoms with Crippen LogP contribution in [0.2, 0.25) is 0 Å². The summed E-state index contributed by atoms with van der Waals surface area (Å²) in [7, 11) is -3.49. The average molecular weight is 418 g/mol. The number of hydrogen-bond donors (Lipinski definition) is 0. The number of unbranched alkanes of at least 4 members (excludes halogenated alkanes) is 1. The lowest BCUT2D eigenvalue weighted by atomic mass is 9.56. The third-order valence-corrected chi connectivity index (χ3v) is 9.73. The molecule has 1 saturated heterocycles. The second kappa shape index (κ2) is 8.50. The zero-order chi connectivity index (χ0) is 20.6. The Kier molecular flexibility index (Phi) is 6.17. The summed E-state index contributed by atoms with van der Waals surface area (Å²) in [4.78, 5) is 13.1. The number of rotatable bonds is 6. The number of ketones is 1. The Morgan fingerprint density at radius 2 is 1.83 bits per heavy atom. The summed E-state index contributed by atoms with van der Waals surface area (Å²) in [6.07, 6.45) is 8.71. The summed E-state index contributed by atoms with van der Waals surface area (Å²) in [6, 6.07) is 7.62. The first-order chi connectivity index (χ1) is 14.0. The number of Topliss-reactive ketones (excluding diaryl/α,β-unsaturated/α-hetero) is 1. The third kappa shape index (κ3) is 3.81. The van der Waals surface area contributed by atoms with Crippen LogP contribution < -0.4 is 0 Å². The molecule has 3 fully saturated rings. The maximum absolute atomic E-state index is 13.6. The van der Waals surface area contributed by atoms with Crippen molar-refractivity contribution in [2.75, 3.05) is 6.54 Å². The van der Waals surface area contributed by atoms with Crippen LogP contribution in [0.15, 0.2) is 29.2 Å². The lowest BCUT2D eigenvalue weighted by molar-refractivity contribution is -0.136. The summed E-state index contributed by atoms with van der Waals surface area (Å²) in [6.45, 7) is 4.84. The highest BCUT2D eigenvalue weighted by Gasteiger charge is 2.53. The summed E-state index contributed by atoms with van der Waals surface area (Å²) in [5.74, 6) is 1.68. The Bertz CT molecular complexity index is 832. The smallest absolute Gasteiger partial charge is 0.243 e. The molecule has 0 radical (unpaired) electrons. The van der Waals surface area contributed by atoms with Crippen molar-refractivity contribution < 1.29 is 13.2 Å². The average Bonchev–Trinajstić information content (AvgIpc) is 2.73. The molecule has 4 rings (SSSR count). The van der Waals surface area contributed by atoms with Gasteiger partial charge in [0.25, 0.3) is 0 Å². The van der Waals surface area contributed by atoms with E-state index in [2.05, 4.69) is 13.8 Å². The van der Waals surface area contributed by atoms with Gasteiger partial charge in [-0.2, -0.15) is 4.31 Å². The molecule has 0 aromatic heterocycles. The normalized spacial score (nSPS) is 32.8. The lowest BCUT2D eigenvalue weighted by Crippen LogP contribution is -2.59. The van der Waals surface area contributed by atoms with Crippen molar-refractivity contribution in [2.24, 2.45) is 23.7 Å². The van der Waals surface area contributed by atoms with Crippen molar-refractivity contribution in [1.82, 2.24) is 4.31 Å². The summed E-state index contributed by atoms with van der Waals surface area (Å²) < 4.78 is 28.9. The van der Waals surface area contributed by atoms with E-state index < -0.39 is 10.0 Å². The summed E-state index contributed by atoms with van der Waals surface area (Å²) in [5.41, 5.74) is 1.21. The van der Waals surface area contributed by atoms with Crippen molar-refractivity contribution in [3.8, 4) is 0 Å². The Hall–Kier alpha value is -1.20. The Morgan fingerprint density at radius 3 is 2.52 bits per heavy atom. The van der Waals surface area contributed by atoms with E-state index in [1.807, 2.05) is 16.4 Å². The topological polar surface area (TPSA) is 54.5 Å². The Balaban J connectivity index is 1.59. The summed E-state index contributed by atoms with van der Waals surface area (Å²) >= 11 is 0. The van der Waals surface area contributed by atoms with Crippen LogP contribution >= 0.6 is 0 Å². The van der Waals surface area contributed by atoms with Crippen LogP contribution in [0.4, 0.5) is 0 Å². The molecule has 1 aromatic carbocycles. The molecule has 0 N–H and O–H groups in total. The van der Waals surface area contributed by atoms with E-state index in [1.54, 1.807) is 12.1 Å². The lowest BCUT2D eigenvalue weighted by Gasteiger charge is -2.54. The van der Waals surface area contributed by atoms with E-state index in [0.717, 1.165) is 51.4 Å². The predicted molar refractivity (Wildman–Crippen MR) is 115 cm³/mol. The van der Waals surface area contributed by atoms with Crippen LogP contribution in [0.25, 0.3) is 0 Å². The number of nitrogens with zero attached hydrogens (tertiary/aromatic N) is 1. The molecule has 1 aromatic rings. The van der Waals surface area contributed by atoms with Gasteiger partial charge in [0.15, 0.2) is 0 Å². The first kappa shape index (κ1) is 21.0. The van der Waals surface area contributed by atoms with E-state index in [4.69, 9.17) is 0 Å². The molecule has 0 spiro atoms. The molecule has 5 atom stereocenters. The fourth-order valence-electron chi connectivity index (χ4n) is 6.41. The van der Waals surface area contributed by atoms with E-state index >= 15 is 0 Å². The number of benzene rings is 1. The summed E-state index contributed by atoms with van der Waals surface area (Å²) in [5, 5.41) is 0. The van der Waals surface area contributed by atoms with Gasteiger partial charge in [-0.25, -0.2) is 8.42 Å². The number of sulfonamides is 1. The highest BCUT2D eigenvalue weighted by atomic mass is 32.2. The van der Waals surface area contributed by atoms with E-state index in [0.29, 0.717) is 41.4 Å². The van der Waals surface area contributed by atoms with Crippen molar-refractivity contribution >= 4 is 15.8 Å². The van der Waals surface area contributed by atoms with Gasteiger partial charge in [-0.3, -0.25) is 4.79 Å². The van der Waals surface area contributed by atoms with Crippen LogP contribution in [-0.2, 0) is 21.2 Å². The van der Waals surface area contributed by atoms with Gasteiger partial charge in [0, 0.05) is 24.9 Å². The van der Waals surface area contributed by atoms with Crippen LogP contribution in [0.1, 0.15) is 70.8 Å². The second-order valence-corrected chi connectivity index (χ2v) is 11.2. The van der Waals surface area contributed by atoms with E-state index in [9.17, 15) is 13.2 Å². The number of hydrogen-bond acceptors (Lipinski definition) is 3. The highest BCUT2D eigenvalue weighted by molar-refractivity contribution is 7.89. The fourth-order valence-corrected chi connectivity index (χ4v) is 8.11. The molecule has 0 amide bonds. The minimum Gasteiger partial charge on any atom is -0.299 e. The molecule has 3 aliphatic rings. The zero-order valence-electron chi connectivity index (χ0n) is 17.8. The van der Waals surface area contributed by atoms with Gasteiger partial charge in [-0.15, -0.1) is 0 Å². The van der Waals surface area contributed by atoms with E-state index in [1.165, 1.54) is 5.56 Å². The molecular weight excluding hydrogens is 382 g/mol. The van der Waals surface area contributed by atoms with Gasteiger partial charge in [0.05, 0.1) is 4.90 Å². The van der Waals surface area contributed by atoms with Crippen molar-refractivity contribution in [2.45, 2.75) is 82.6 Å². The molecule has 2 saturated carbocycles. The number of carbonyl (C=O) groups excluding carboxylic acids is 1. The standard InChI is InChI=1S/C24H35NO3S/c1-3-5-7-17-10-12-19(13-11-17)29(27,28)25-15-14-18-16-23(26)20(4-2)21-8-6-9-22(25)24(18)21/h10-13,18,20-22,24H,3-9,14-16H2,1-2H3/t18-,20+,21+,22+,24+/m1/s1. The quantitative estimate of drug-likeness (QED) is 0.666. The van der Waals surface area contributed by atoms with Gasteiger partial charge in [-0.1, -0.05) is 38.8 Å². The minimum atomic E-state index is -3.49. The molecular formula is C24H35NO3S. The zero-order valence-corrected chi connectivity index (χ0v) is 18.7. The predicted octanol–water partition coefficient (Wildman–Crippen LogP) is 4.82. The van der Waals surface area contributed by atoms with Crippen LogP contribution in [-0.4, -0.2) is 31.1 Å². The number of aryl methyl sites for hydroxylation is 1. The van der Waals surface area contributed by atoms with Gasteiger partial charge in [0.1, 0.15) is 5.78 Å². The molecule has 2 aliphatic carbocycles. The minimum absolute atomic E-state index is 0.0689. The van der Waals surface area contributed by atoms with E-state index in [-0.39, 0.29) is 12.0 Å². The maximum atomic E-state index is 13.6. The monoisotopic (exact) mass is 417 g/mol. The van der Waals surface area contributed by atoms with Crippen molar-refractivity contribution in [3.63, 3.8) is 0 Å². The van der Waals surface area contributed by atoms with Gasteiger partial charge >= 0.3 is 0 Å². The highest BCUT2D eigenvalue weighted by Crippen LogP contribution is 2.52. The van der Waals surface area contributed by atoms with Crippen LogP contribution in [0.3, 0.4) is 0 Å². The number of carbonyl (C=O) groups is 1. The molecule has 0 unspecified atom stereocenters. The second-order valence-electron chi connectivity index (χ2n) is 9.34. The van der Waals surface area contributed by atoms with Crippen LogP contribution in [0.5, 0.6) is 0 Å². The fraction of sp³-hybridized carbons (Fsp3) is 0.708. The first-order valence-corrected chi connectivity index (χ1v) is 13.0. The Morgan fingerprint density at radius 1 is 1.07 bits per heavy atom. The first-order valence-electron chi connectivity index (χ1n) is 11.6.